The maximum atomic E-state index is 16.6. The van der Waals surface area contributed by atoms with Crippen molar-refractivity contribution in [1.82, 2.24) is 0 Å². The summed E-state index contributed by atoms with van der Waals surface area (Å²) in [7, 11) is -5.19. The van der Waals surface area contributed by atoms with E-state index in [-0.39, 0.29) is 47.4 Å². The fraction of sp³-hybridized carbons (Fsp3) is 0.556. The molecule has 6 rings (SSSR count). The molecule has 0 saturated heterocycles. The first-order valence-corrected chi connectivity index (χ1v) is 44.0. The van der Waals surface area contributed by atoms with Crippen molar-refractivity contribution in [2.24, 2.45) is 0 Å². The second-order valence-corrected chi connectivity index (χ2v) is 31.4. The van der Waals surface area contributed by atoms with Crippen LogP contribution in [0.1, 0.15) is 269 Å². The maximum Gasteiger partial charge on any atom is 0.647 e. The molecule has 0 N–H and O–H groups in total. The second kappa shape index (κ2) is 49.3. The molecule has 0 aliphatic heterocycles. The minimum atomic E-state index is -5.19. The third-order valence-electron chi connectivity index (χ3n) is 18.1. The number of hydrogen-bond donors (Lipinski definition) is 0. The molecule has 0 aliphatic carbocycles. The molecule has 17 heteroatoms. The summed E-state index contributed by atoms with van der Waals surface area (Å²) >= 11 is 56.2. The van der Waals surface area contributed by atoms with E-state index in [0.29, 0.717) is 69.7 Å². The zero-order chi connectivity index (χ0) is 70.2. The Morgan fingerprint density at radius 1 is 0.306 bits per heavy atom. The van der Waals surface area contributed by atoms with Crippen molar-refractivity contribution in [3.63, 3.8) is 0 Å². The second-order valence-electron chi connectivity index (χ2n) is 25.9. The number of phosphoric ester groups is 1. The van der Waals surface area contributed by atoms with Crippen LogP contribution in [0.5, 0.6) is 34.5 Å². The van der Waals surface area contributed by atoms with Gasteiger partial charge in [0.25, 0.3) is 0 Å². The summed E-state index contributed by atoms with van der Waals surface area (Å²) in [6.07, 6.45) is 43.5. The molecule has 0 atom stereocenters. The summed E-state index contributed by atoms with van der Waals surface area (Å²) in [5.41, 5.74) is 6.14. The number of halogens is 9. The van der Waals surface area contributed by atoms with Gasteiger partial charge in [-0.15, -0.1) is 0 Å². The Morgan fingerprint density at radius 2 is 0.510 bits per heavy atom. The van der Waals surface area contributed by atoms with Crippen molar-refractivity contribution < 1.29 is 32.3 Å². The Kier molecular flexibility index (Phi) is 42.5. The Hall–Kier alpha value is -2.47. The van der Waals surface area contributed by atoms with E-state index in [1.54, 1.807) is 0 Å². The summed E-state index contributed by atoms with van der Waals surface area (Å²) < 4.78 is 56.7. The van der Waals surface area contributed by atoms with E-state index in [4.69, 9.17) is 97.4 Å². The van der Waals surface area contributed by atoms with Crippen molar-refractivity contribution in [3.8, 4) is 67.9 Å². The molecular weight excluding hydrogens is 1570 g/mol. The summed E-state index contributed by atoms with van der Waals surface area (Å²) in [6, 6.07) is 27.8. The Morgan fingerprint density at radius 3 is 0.724 bits per heavy atom. The van der Waals surface area contributed by atoms with Gasteiger partial charge in [-0.1, -0.05) is 423 Å². The highest BCUT2D eigenvalue weighted by molar-refractivity contribution is 9.09. The topological polar surface area (TPSA) is 72.5 Å². The van der Waals surface area contributed by atoms with Gasteiger partial charge in [-0.3, -0.25) is 0 Å². The number of hydrogen-bond acceptors (Lipinski definition) is 7. The smallest absolute Gasteiger partial charge is 0.491 e. The minimum absolute atomic E-state index is 0.0372. The number of rotatable bonds is 54. The number of ether oxygens (including phenoxy) is 3. The van der Waals surface area contributed by atoms with Crippen LogP contribution in [0, 0.1) is 0 Å². The Balaban J connectivity index is 1.37. The zero-order valence-electron chi connectivity index (χ0n) is 58.6. The lowest BCUT2D eigenvalue weighted by atomic mass is 9.99. The lowest BCUT2D eigenvalue weighted by molar-refractivity contribution is 0.293. The van der Waals surface area contributed by atoms with Gasteiger partial charge in [0.2, 0.25) is 0 Å². The number of phosphoric acid groups is 1. The van der Waals surface area contributed by atoms with Crippen LogP contribution in [0.15, 0.2) is 91.0 Å². The number of alkyl halides is 3. The quantitative estimate of drug-likeness (QED) is 0.0214. The van der Waals surface area contributed by atoms with Gasteiger partial charge < -0.3 is 27.8 Å². The van der Waals surface area contributed by atoms with Crippen molar-refractivity contribution in [3.05, 3.63) is 138 Å². The van der Waals surface area contributed by atoms with E-state index in [1.807, 2.05) is 72.8 Å². The third-order valence-corrected chi connectivity index (χ3v) is 23.1. The molecule has 0 amide bonds. The van der Waals surface area contributed by atoms with Crippen LogP contribution in [-0.2, 0) is 20.6 Å². The molecule has 98 heavy (non-hydrogen) atoms. The Labute approximate surface area is 645 Å². The predicted octanol–water partition coefficient (Wildman–Crippen LogP) is 32.2. The van der Waals surface area contributed by atoms with Crippen LogP contribution in [-0.4, -0.2) is 19.8 Å². The molecule has 0 saturated carbocycles. The van der Waals surface area contributed by atoms with Crippen molar-refractivity contribution in [2.45, 2.75) is 268 Å². The zero-order valence-corrected chi connectivity index (χ0v) is 68.8. The Bertz CT molecular complexity index is 2980. The van der Waals surface area contributed by atoms with E-state index in [1.165, 1.54) is 192 Å². The van der Waals surface area contributed by atoms with E-state index < -0.39 is 7.82 Å². The SMILES string of the molecule is CCCCCCCCCCCCCCOc1c(Cl)cc(OP(=O)(Oc2cc(Cl)c(OCCCCCCCCCCCCCC)c(-c3ccccc3CBr)c2Cl)Oc2cc(Cl)c(OCCCCCCCCCCCCCC)c(-c3ccccc3CBr)c2Cl)c(Cl)c1-c1ccccc1CBr. The first-order valence-electron chi connectivity index (χ1n) is 36.9. The molecule has 542 valence electrons. The molecule has 0 unspecified atom stereocenters. The predicted molar refractivity (Wildman–Crippen MR) is 433 cm³/mol. The fourth-order valence-corrected chi connectivity index (χ4v) is 17.0. The average Bonchev–Trinajstić information content (AvgIpc) is 0.769. The summed E-state index contributed by atoms with van der Waals surface area (Å²) in [6.45, 7) is 7.95. The molecule has 6 aromatic rings. The molecule has 0 spiro atoms. The van der Waals surface area contributed by atoms with E-state index in [0.717, 1.165) is 91.2 Å². The lowest BCUT2D eigenvalue weighted by Gasteiger charge is -2.25. The van der Waals surface area contributed by atoms with Crippen LogP contribution in [0.2, 0.25) is 30.1 Å². The van der Waals surface area contributed by atoms with Crippen LogP contribution < -0.4 is 27.8 Å². The van der Waals surface area contributed by atoms with Gasteiger partial charge in [0, 0.05) is 50.9 Å². The molecule has 0 aliphatic rings. The molecule has 0 heterocycles. The third kappa shape index (κ3) is 28.2. The fourth-order valence-electron chi connectivity index (χ4n) is 12.5. The highest BCUT2D eigenvalue weighted by atomic mass is 79.9. The number of unbranched alkanes of at least 4 members (excludes halogenated alkanes) is 33. The first kappa shape index (κ1) is 84.5. The van der Waals surface area contributed by atoms with Crippen LogP contribution in [0.25, 0.3) is 33.4 Å². The molecule has 0 aromatic heterocycles. The van der Waals surface area contributed by atoms with Crippen molar-refractivity contribution >= 4 is 125 Å². The molecule has 0 bridgehead atoms. The number of benzene rings is 6. The van der Waals surface area contributed by atoms with Gasteiger partial charge in [-0.25, -0.2) is 0 Å². The monoisotopic (exact) mass is 1670 g/mol. The van der Waals surface area contributed by atoms with Gasteiger partial charge in [-0.2, -0.15) is 4.57 Å². The molecule has 7 nitrogen and oxygen atoms in total. The summed E-state index contributed by atoms with van der Waals surface area (Å²) in [5, 5.41) is 2.00. The van der Waals surface area contributed by atoms with Crippen LogP contribution in [0.4, 0.5) is 0 Å². The van der Waals surface area contributed by atoms with Crippen LogP contribution >= 0.6 is 125 Å². The molecule has 6 aromatic carbocycles. The summed E-state index contributed by atoms with van der Waals surface area (Å²) in [4.78, 5) is 0. The lowest BCUT2D eigenvalue weighted by Crippen LogP contribution is -2.10. The standard InChI is InChI=1S/C81H108Br3Cl6O7P/c1-4-7-10-13-16-19-22-25-28-31-34-43-52-92-79-67(85)55-70(76(88)73(79)64-49-40-37-46-61(64)58-82)95-98(91,96-71-56-68(86)80(74(77(71)89)65-50-41-38-47-62(65)59-83)93-53-44-35-32-29-26-23-20-17-14-11-8-5-2)97-72-57-69(87)81(75(78(72)90)66-51-42-39-48-63(66)60-84)94-54-45-36-33-30-27-24-21-18-15-12-9-6-3/h37-42,46-51,55-57H,4-36,43-45,52-54,58-60H2,1-3H3. The van der Waals surface area contributed by atoms with Crippen LogP contribution in [0.3, 0.4) is 0 Å². The largest absolute Gasteiger partial charge is 0.647 e. The highest BCUT2D eigenvalue weighted by Crippen LogP contribution is 2.60. The summed E-state index contributed by atoms with van der Waals surface area (Å²) in [5.74, 6) is 0.642. The van der Waals surface area contributed by atoms with E-state index >= 15 is 4.57 Å². The minimum Gasteiger partial charge on any atom is -0.491 e. The van der Waals surface area contributed by atoms with Gasteiger partial charge in [0.1, 0.15) is 17.2 Å². The molecule has 0 fully saturated rings. The van der Waals surface area contributed by atoms with Gasteiger partial charge in [0.15, 0.2) is 17.2 Å². The molecular formula is C81H108Br3Cl6O7P. The van der Waals surface area contributed by atoms with Crippen molar-refractivity contribution in [1.29, 1.82) is 0 Å². The van der Waals surface area contributed by atoms with E-state index in [9.17, 15) is 0 Å². The van der Waals surface area contributed by atoms with E-state index in [2.05, 4.69) is 68.6 Å². The van der Waals surface area contributed by atoms with Gasteiger partial charge in [-0.05, 0) is 52.6 Å². The van der Waals surface area contributed by atoms with Crippen molar-refractivity contribution in [2.75, 3.05) is 19.8 Å². The maximum absolute atomic E-state index is 16.6. The molecule has 0 radical (unpaired) electrons. The van der Waals surface area contributed by atoms with Gasteiger partial charge >= 0.3 is 7.82 Å². The average molecular weight is 1680 g/mol. The van der Waals surface area contributed by atoms with Gasteiger partial charge in [0.05, 0.1) is 50.0 Å². The highest BCUT2D eigenvalue weighted by Gasteiger charge is 2.40. The first-order chi connectivity index (χ1) is 47.8. The normalized spacial score (nSPS) is 11.6.